The summed E-state index contributed by atoms with van der Waals surface area (Å²) in [5.74, 6) is -2.56. The summed E-state index contributed by atoms with van der Waals surface area (Å²) in [5.41, 5.74) is 0.157. The van der Waals surface area contributed by atoms with Gasteiger partial charge in [-0.15, -0.1) is 0 Å². The Bertz CT molecular complexity index is 1050. The van der Waals surface area contributed by atoms with E-state index in [0.29, 0.717) is 30.8 Å². The Kier molecular flexibility index (Phi) is 8.05. The van der Waals surface area contributed by atoms with Gasteiger partial charge in [-0.2, -0.15) is 4.72 Å². The molecule has 5 nitrogen and oxygen atoms in total. The van der Waals surface area contributed by atoms with Crippen molar-refractivity contribution >= 4 is 17.3 Å². The Hall–Kier alpha value is -2.14. The number of nitrogens with zero attached hydrogens (tertiary/aromatic N) is 1. The molecule has 1 N–H and O–H groups in total. The summed E-state index contributed by atoms with van der Waals surface area (Å²) in [6, 6.07) is 6.09. The second-order valence-electron chi connectivity index (χ2n) is 9.39. The van der Waals surface area contributed by atoms with Gasteiger partial charge in [0.25, 0.3) is 5.91 Å². The molecular weight excluding hydrogens is 484 g/mol. The topological polar surface area (TPSA) is 64.6 Å². The van der Waals surface area contributed by atoms with Crippen LogP contribution in [0.4, 0.5) is 17.6 Å². The van der Waals surface area contributed by atoms with Gasteiger partial charge in [0.2, 0.25) is 0 Å². The van der Waals surface area contributed by atoms with Crippen LogP contribution in [0, 0.1) is 17.5 Å². The number of rotatable bonds is 9. The Morgan fingerprint density at radius 1 is 1.14 bits per heavy atom. The zero-order valence-electron chi connectivity index (χ0n) is 19.4. The quantitative estimate of drug-likeness (QED) is 0.396. The molecule has 2 fully saturated rings. The zero-order chi connectivity index (χ0) is 25.2. The number of likely N-dealkylation sites (tertiary alicyclic amines) is 1. The predicted octanol–water partition coefficient (Wildman–Crippen LogP) is 4.53. The molecule has 0 aromatic heterocycles. The van der Waals surface area contributed by atoms with Gasteiger partial charge < -0.3 is 9.29 Å². The summed E-state index contributed by atoms with van der Waals surface area (Å²) in [6.45, 7) is 1.03. The van der Waals surface area contributed by atoms with Gasteiger partial charge in [0.1, 0.15) is 29.4 Å². The van der Waals surface area contributed by atoms with E-state index >= 15 is 4.39 Å². The third kappa shape index (κ3) is 6.97. The maximum atomic E-state index is 15.3. The van der Waals surface area contributed by atoms with Crippen LogP contribution in [0.3, 0.4) is 0 Å². The molecular formula is C25H28F4N2O3S. The summed E-state index contributed by atoms with van der Waals surface area (Å²) in [7, 11) is 0. The number of ether oxygens (including phenoxy) is 1. The fourth-order valence-corrected chi connectivity index (χ4v) is 4.82. The summed E-state index contributed by atoms with van der Waals surface area (Å²) in [4.78, 5) is 14.1. The smallest absolute Gasteiger partial charge is 0.295 e. The minimum Gasteiger partial charge on any atom is -0.593 e. The van der Waals surface area contributed by atoms with Crippen molar-refractivity contribution in [2.45, 2.75) is 50.4 Å². The van der Waals surface area contributed by atoms with E-state index in [1.54, 1.807) is 0 Å². The molecule has 1 heterocycles. The number of carbonyl (C=O) groups excluding carboxylic acids is 1. The van der Waals surface area contributed by atoms with Crippen LogP contribution in [0.25, 0.3) is 0 Å². The Morgan fingerprint density at radius 3 is 2.40 bits per heavy atom. The van der Waals surface area contributed by atoms with E-state index in [1.807, 2.05) is 4.90 Å². The van der Waals surface area contributed by atoms with Crippen molar-refractivity contribution in [3.05, 3.63) is 70.0 Å². The average molecular weight is 513 g/mol. The van der Waals surface area contributed by atoms with Gasteiger partial charge in [0, 0.05) is 25.7 Å². The molecule has 0 spiro atoms. The lowest BCUT2D eigenvalue weighted by atomic mass is 9.94. The van der Waals surface area contributed by atoms with Crippen LogP contribution in [0.1, 0.15) is 58.6 Å². The lowest BCUT2D eigenvalue weighted by Gasteiger charge is -2.36. The number of halogens is 4. The van der Waals surface area contributed by atoms with Crippen LogP contribution in [0.15, 0.2) is 30.3 Å². The first-order chi connectivity index (χ1) is 16.6. The van der Waals surface area contributed by atoms with Gasteiger partial charge in [-0.3, -0.25) is 9.69 Å². The van der Waals surface area contributed by atoms with E-state index < -0.39 is 40.4 Å². The van der Waals surface area contributed by atoms with Crippen LogP contribution in [0.5, 0.6) is 0 Å². The van der Waals surface area contributed by atoms with E-state index in [4.69, 9.17) is 4.74 Å². The average Bonchev–Trinajstić information content (AvgIpc) is 3.60. The maximum Gasteiger partial charge on any atom is 0.295 e. The molecule has 1 amide bonds. The molecule has 1 aliphatic heterocycles. The number of piperidine rings is 1. The lowest BCUT2D eigenvalue weighted by Crippen LogP contribution is -2.44. The summed E-state index contributed by atoms with van der Waals surface area (Å²) in [6.07, 6.45) is 3.54. The SMILES string of the molecule is C[S+]([O-])NC(=O)c1cc(C2CC2)c(COCC2(F)CCN(Cc3cc(F)cc(F)c3)CC2)cc1F. The molecule has 2 aromatic carbocycles. The Balaban J connectivity index is 1.32. The van der Waals surface area contributed by atoms with Gasteiger partial charge in [-0.1, -0.05) is 0 Å². The van der Waals surface area contributed by atoms with E-state index in [9.17, 15) is 22.5 Å². The van der Waals surface area contributed by atoms with Crippen molar-refractivity contribution in [3.63, 3.8) is 0 Å². The molecule has 190 valence electrons. The first-order valence-electron chi connectivity index (χ1n) is 11.5. The summed E-state index contributed by atoms with van der Waals surface area (Å²) < 4.78 is 75.9. The number of hydrogen-bond acceptors (Lipinski definition) is 4. The van der Waals surface area contributed by atoms with E-state index in [-0.39, 0.29) is 37.5 Å². The second-order valence-corrected chi connectivity index (χ2v) is 10.5. The standard InChI is InChI=1S/C25H28F4N2O3S/c1-35(33)30-24(32)22-12-21(17-2-3-17)18(10-23(22)28)14-34-15-25(29)4-6-31(7-5-25)13-16-8-19(26)11-20(27)9-16/h8-12,17H,2-7,13-15H2,1H3,(H,30,32). The van der Waals surface area contributed by atoms with Crippen LogP contribution in [-0.4, -0.2) is 47.0 Å². The van der Waals surface area contributed by atoms with Crippen LogP contribution >= 0.6 is 0 Å². The molecule has 0 radical (unpaired) electrons. The highest BCUT2D eigenvalue weighted by molar-refractivity contribution is 7.89. The van der Waals surface area contributed by atoms with Crippen molar-refractivity contribution in [2.24, 2.45) is 0 Å². The molecule has 2 aliphatic rings. The molecule has 2 aromatic rings. The number of nitrogens with one attached hydrogen (secondary N) is 1. The predicted molar refractivity (Wildman–Crippen MR) is 124 cm³/mol. The van der Waals surface area contributed by atoms with Crippen LogP contribution in [-0.2, 0) is 29.3 Å². The normalized spacial score (nSPS) is 18.9. The highest BCUT2D eigenvalue weighted by Gasteiger charge is 2.35. The number of carbonyl (C=O) groups is 1. The fraction of sp³-hybridized carbons (Fsp3) is 0.480. The lowest BCUT2D eigenvalue weighted by molar-refractivity contribution is -0.0321. The number of amides is 1. The first-order valence-corrected chi connectivity index (χ1v) is 13.1. The third-order valence-corrected chi connectivity index (χ3v) is 6.90. The van der Waals surface area contributed by atoms with Gasteiger partial charge in [0.15, 0.2) is 0 Å². The molecule has 0 bridgehead atoms. The van der Waals surface area contributed by atoms with Crippen LogP contribution in [0.2, 0.25) is 0 Å². The van der Waals surface area contributed by atoms with Crippen molar-refractivity contribution in [2.75, 3.05) is 26.0 Å². The molecule has 4 rings (SSSR count). The monoisotopic (exact) mass is 512 g/mol. The molecule has 1 atom stereocenters. The van der Waals surface area contributed by atoms with Crippen molar-refractivity contribution in [3.8, 4) is 0 Å². The third-order valence-electron chi connectivity index (χ3n) is 6.43. The Morgan fingerprint density at radius 2 is 1.80 bits per heavy atom. The van der Waals surface area contributed by atoms with Crippen molar-refractivity contribution in [1.29, 1.82) is 0 Å². The summed E-state index contributed by atoms with van der Waals surface area (Å²) in [5, 5.41) is 0. The molecule has 1 aliphatic carbocycles. The van der Waals surface area contributed by atoms with E-state index in [1.165, 1.54) is 30.5 Å². The number of alkyl halides is 1. The zero-order valence-corrected chi connectivity index (χ0v) is 20.2. The second kappa shape index (κ2) is 10.9. The molecule has 1 unspecified atom stereocenters. The molecule has 35 heavy (non-hydrogen) atoms. The highest BCUT2D eigenvalue weighted by Crippen LogP contribution is 2.42. The number of hydrogen-bond donors (Lipinski definition) is 1. The largest absolute Gasteiger partial charge is 0.593 e. The summed E-state index contributed by atoms with van der Waals surface area (Å²) >= 11 is -1.61. The molecule has 1 saturated carbocycles. The molecule has 1 saturated heterocycles. The fourth-order valence-electron chi connectivity index (χ4n) is 4.45. The van der Waals surface area contributed by atoms with Crippen molar-refractivity contribution in [1.82, 2.24) is 9.62 Å². The van der Waals surface area contributed by atoms with Crippen LogP contribution < -0.4 is 4.72 Å². The maximum absolute atomic E-state index is 15.3. The van der Waals surface area contributed by atoms with Gasteiger partial charge >= 0.3 is 0 Å². The van der Waals surface area contributed by atoms with Crippen molar-refractivity contribution < 1.29 is 31.6 Å². The first kappa shape index (κ1) is 25.9. The van der Waals surface area contributed by atoms with E-state index in [2.05, 4.69) is 4.72 Å². The van der Waals surface area contributed by atoms with E-state index in [0.717, 1.165) is 24.5 Å². The minimum absolute atomic E-state index is 0.0162. The van der Waals surface area contributed by atoms with Gasteiger partial charge in [0.05, 0.1) is 30.1 Å². The van der Waals surface area contributed by atoms with Gasteiger partial charge in [-0.05, 0) is 72.6 Å². The number of benzene rings is 2. The molecule has 10 heteroatoms. The minimum atomic E-state index is -1.61. The Labute approximate surface area is 205 Å². The highest BCUT2D eigenvalue weighted by atomic mass is 32.2. The van der Waals surface area contributed by atoms with Gasteiger partial charge in [-0.25, -0.2) is 17.6 Å².